The third-order valence-electron chi connectivity index (χ3n) is 10.6. The average molecular weight is 650 g/mol. The molecule has 0 aliphatic heterocycles. The zero-order chi connectivity index (χ0) is 33.5. The predicted molar refractivity (Wildman–Crippen MR) is 215 cm³/mol. The zero-order valence-electron chi connectivity index (χ0n) is 27.7. The molecule has 0 radical (unpaired) electrons. The highest BCUT2D eigenvalue weighted by molar-refractivity contribution is 6.20. The molecule has 0 aliphatic carbocycles. The van der Waals surface area contributed by atoms with E-state index in [4.69, 9.17) is 0 Å². The molecule has 3 heterocycles. The number of hydrogen-bond acceptors (Lipinski definition) is 0. The van der Waals surface area contributed by atoms with E-state index in [-0.39, 0.29) is 0 Å². The van der Waals surface area contributed by atoms with Gasteiger partial charge in [-0.1, -0.05) is 127 Å². The van der Waals surface area contributed by atoms with Gasteiger partial charge in [0.1, 0.15) is 0 Å². The van der Waals surface area contributed by atoms with Gasteiger partial charge in [-0.15, -0.1) is 0 Å². The lowest BCUT2D eigenvalue weighted by atomic mass is 10.1. The molecule has 0 aliphatic rings. The number of aromatic nitrogens is 3. The van der Waals surface area contributed by atoms with E-state index in [1.54, 1.807) is 0 Å². The first-order chi connectivity index (χ1) is 25.3. The van der Waals surface area contributed by atoms with E-state index >= 15 is 0 Å². The minimum absolute atomic E-state index is 1.15. The van der Waals surface area contributed by atoms with Crippen LogP contribution in [0.2, 0.25) is 0 Å². The van der Waals surface area contributed by atoms with Crippen molar-refractivity contribution in [2.75, 3.05) is 0 Å². The Balaban J connectivity index is 1.23. The van der Waals surface area contributed by atoms with Crippen molar-refractivity contribution in [3.63, 3.8) is 0 Å². The van der Waals surface area contributed by atoms with E-state index in [0.29, 0.717) is 0 Å². The molecule has 0 saturated carbocycles. The molecule has 51 heavy (non-hydrogen) atoms. The van der Waals surface area contributed by atoms with E-state index in [1.807, 2.05) is 0 Å². The molecule has 11 aromatic rings. The average Bonchev–Trinajstić information content (AvgIpc) is 3.83. The highest BCUT2D eigenvalue weighted by Crippen LogP contribution is 2.42. The van der Waals surface area contributed by atoms with Crippen molar-refractivity contribution < 1.29 is 0 Å². The van der Waals surface area contributed by atoms with Crippen LogP contribution in [0.15, 0.2) is 188 Å². The van der Waals surface area contributed by atoms with Crippen LogP contribution >= 0.6 is 0 Å². The smallest absolute Gasteiger partial charge is 0.0782 e. The van der Waals surface area contributed by atoms with Gasteiger partial charge in [0.05, 0.1) is 38.8 Å². The molecular formula is C48H31N3. The largest absolute Gasteiger partial charge is 0.309 e. The van der Waals surface area contributed by atoms with E-state index < -0.39 is 0 Å². The molecule has 0 saturated heterocycles. The SMILES string of the molecule is c1ccc(-c2ccc(-n3c4ccccc4c4cc5c(cc43)c3ccccc3n5-c3cccc4c5ccccc5n(-c5ccccc5)c34)cc2)cc1. The summed E-state index contributed by atoms with van der Waals surface area (Å²) in [5.41, 5.74) is 13.1. The number of rotatable bonds is 4. The Morgan fingerprint density at radius 3 is 1.35 bits per heavy atom. The van der Waals surface area contributed by atoms with Gasteiger partial charge < -0.3 is 13.7 Å². The predicted octanol–water partition coefficient (Wildman–Crippen LogP) is 12.6. The molecule has 0 fully saturated rings. The second kappa shape index (κ2) is 10.8. The fourth-order valence-corrected chi connectivity index (χ4v) is 8.43. The number of fused-ring (bicyclic) bond motifs is 9. The van der Waals surface area contributed by atoms with Crippen molar-refractivity contribution in [1.82, 2.24) is 13.7 Å². The molecular weight excluding hydrogens is 619 g/mol. The van der Waals surface area contributed by atoms with Gasteiger partial charge in [0.15, 0.2) is 0 Å². The lowest BCUT2D eigenvalue weighted by Gasteiger charge is -2.14. The summed E-state index contributed by atoms with van der Waals surface area (Å²) in [7, 11) is 0. The summed E-state index contributed by atoms with van der Waals surface area (Å²) in [4.78, 5) is 0. The molecule has 0 spiro atoms. The van der Waals surface area contributed by atoms with Gasteiger partial charge >= 0.3 is 0 Å². The van der Waals surface area contributed by atoms with Crippen LogP contribution < -0.4 is 0 Å². The Hall–Kier alpha value is -6.84. The van der Waals surface area contributed by atoms with Gasteiger partial charge in [-0.05, 0) is 71.8 Å². The first-order valence-corrected chi connectivity index (χ1v) is 17.5. The van der Waals surface area contributed by atoms with Crippen LogP contribution in [-0.4, -0.2) is 13.7 Å². The molecule has 0 amide bonds. The molecule has 238 valence electrons. The maximum Gasteiger partial charge on any atom is 0.0782 e. The Labute approximate surface area is 294 Å². The van der Waals surface area contributed by atoms with Crippen LogP contribution in [0, 0.1) is 0 Å². The summed E-state index contributed by atoms with van der Waals surface area (Å²) in [5.74, 6) is 0. The number of nitrogens with zero attached hydrogens (tertiary/aromatic N) is 3. The van der Waals surface area contributed by atoms with Crippen molar-refractivity contribution in [2.24, 2.45) is 0 Å². The van der Waals surface area contributed by atoms with E-state index in [9.17, 15) is 0 Å². The van der Waals surface area contributed by atoms with Crippen LogP contribution in [0.25, 0.3) is 93.6 Å². The van der Waals surface area contributed by atoms with Crippen molar-refractivity contribution in [2.45, 2.75) is 0 Å². The van der Waals surface area contributed by atoms with E-state index in [2.05, 4.69) is 202 Å². The summed E-state index contributed by atoms with van der Waals surface area (Å²) >= 11 is 0. The molecule has 3 nitrogen and oxygen atoms in total. The van der Waals surface area contributed by atoms with E-state index in [1.165, 1.54) is 82.2 Å². The zero-order valence-corrected chi connectivity index (χ0v) is 27.7. The summed E-state index contributed by atoms with van der Waals surface area (Å²) < 4.78 is 7.36. The Bertz CT molecular complexity index is 3110. The number of hydrogen-bond donors (Lipinski definition) is 0. The minimum Gasteiger partial charge on any atom is -0.309 e. The molecule has 8 aromatic carbocycles. The highest BCUT2D eigenvalue weighted by atomic mass is 15.1. The number of benzene rings is 8. The monoisotopic (exact) mass is 649 g/mol. The normalized spacial score (nSPS) is 11.9. The quantitative estimate of drug-likeness (QED) is 0.180. The van der Waals surface area contributed by atoms with Crippen molar-refractivity contribution in [3.8, 4) is 28.2 Å². The van der Waals surface area contributed by atoms with Crippen LogP contribution in [0.4, 0.5) is 0 Å². The van der Waals surface area contributed by atoms with Gasteiger partial charge in [0.25, 0.3) is 0 Å². The van der Waals surface area contributed by atoms with Gasteiger partial charge in [-0.2, -0.15) is 0 Å². The van der Waals surface area contributed by atoms with E-state index in [0.717, 1.165) is 11.4 Å². The fourth-order valence-electron chi connectivity index (χ4n) is 8.43. The number of para-hydroxylation sites is 5. The van der Waals surface area contributed by atoms with Gasteiger partial charge in [-0.25, -0.2) is 0 Å². The maximum absolute atomic E-state index is 2.49. The van der Waals surface area contributed by atoms with Crippen LogP contribution in [0.5, 0.6) is 0 Å². The topological polar surface area (TPSA) is 14.8 Å². The second-order valence-electron chi connectivity index (χ2n) is 13.4. The lowest BCUT2D eigenvalue weighted by Crippen LogP contribution is -2.00. The molecule has 0 bridgehead atoms. The molecule has 0 atom stereocenters. The standard InChI is InChI=1S/C48H31N3/c1-3-14-32(15-4-1)33-26-28-35(29-27-33)49-42-22-10-8-19-37(42)40-31-47-41(30-46(40)49)38-20-9-12-24-44(38)51(47)45-25-13-21-39-36-18-7-11-23-43(36)50(48(39)45)34-16-5-2-6-17-34/h1-31H. The second-order valence-corrected chi connectivity index (χ2v) is 13.4. The fraction of sp³-hybridized carbons (Fsp3) is 0. The Morgan fingerprint density at radius 1 is 0.255 bits per heavy atom. The van der Waals surface area contributed by atoms with Gasteiger partial charge in [-0.3, -0.25) is 0 Å². The summed E-state index contributed by atoms with van der Waals surface area (Å²) in [6.45, 7) is 0. The molecule has 0 N–H and O–H groups in total. The molecule has 11 rings (SSSR count). The first-order valence-electron chi connectivity index (χ1n) is 17.5. The summed E-state index contributed by atoms with van der Waals surface area (Å²) in [6, 6.07) is 68.4. The van der Waals surface area contributed by atoms with Crippen molar-refractivity contribution in [1.29, 1.82) is 0 Å². The third kappa shape index (κ3) is 4.06. The Kier molecular flexibility index (Phi) is 5.96. The maximum atomic E-state index is 2.49. The molecule has 0 unspecified atom stereocenters. The highest BCUT2D eigenvalue weighted by Gasteiger charge is 2.22. The lowest BCUT2D eigenvalue weighted by molar-refractivity contribution is 1.13. The first kappa shape index (κ1) is 28.0. The van der Waals surface area contributed by atoms with Crippen LogP contribution in [0.1, 0.15) is 0 Å². The van der Waals surface area contributed by atoms with Crippen molar-refractivity contribution in [3.05, 3.63) is 188 Å². The molecule has 3 heteroatoms. The minimum atomic E-state index is 1.15. The van der Waals surface area contributed by atoms with Crippen LogP contribution in [0.3, 0.4) is 0 Å². The summed E-state index contributed by atoms with van der Waals surface area (Å²) in [6.07, 6.45) is 0. The third-order valence-corrected chi connectivity index (χ3v) is 10.6. The van der Waals surface area contributed by atoms with Crippen molar-refractivity contribution >= 4 is 65.4 Å². The van der Waals surface area contributed by atoms with Gasteiger partial charge in [0.2, 0.25) is 0 Å². The molecule has 3 aromatic heterocycles. The van der Waals surface area contributed by atoms with Crippen LogP contribution in [-0.2, 0) is 0 Å². The Morgan fingerprint density at radius 2 is 0.706 bits per heavy atom. The summed E-state index contributed by atoms with van der Waals surface area (Å²) in [5, 5.41) is 7.46. The van der Waals surface area contributed by atoms with Gasteiger partial charge in [0, 0.05) is 43.7 Å².